The van der Waals surface area contributed by atoms with Gasteiger partial charge >= 0.3 is 11.9 Å². The molecule has 0 bridgehead atoms. The molecular formula is C42H52N4O8. The minimum absolute atomic E-state index is 0.0962. The van der Waals surface area contributed by atoms with Gasteiger partial charge in [-0.25, -0.2) is 0 Å². The van der Waals surface area contributed by atoms with Crippen LogP contribution < -0.4 is 5.32 Å². The Balaban J connectivity index is 1.86. The maximum absolute atomic E-state index is 12.3. The molecule has 1 aliphatic heterocycles. The zero-order valence-electron chi connectivity index (χ0n) is 32.5. The molecular weight excluding hydrogens is 688 g/mol. The van der Waals surface area contributed by atoms with Gasteiger partial charge in [-0.1, -0.05) is 81.9 Å². The molecule has 0 atom stereocenters. The van der Waals surface area contributed by atoms with Gasteiger partial charge in [-0.2, -0.15) is 0 Å². The Kier molecular flexibility index (Phi) is 15.3. The number of non-ortho nitro benzene ring substituents is 2. The van der Waals surface area contributed by atoms with Crippen LogP contribution in [0.2, 0.25) is 0 Å². The van der Waals surface area contributed by atoms with Crippen molar-refractivity contribution in [3.63, 3.8) is 0 Å². The predicted molar refractivity (Wildman–Crippen MR) is 212 cm³/mol. The highest BCUT2D eigenvalue weighted by atomic mass is 16.6. The van der Waals surface area contributed by atoms with Crippen LogP contribution in [0.4, 0.5) is 17.1 Å². The number of nitrogens with one attached hydrogen (secondary N) is 1. The Labute approximate surface area is 317 Å². The second kappa shape index (κ2) is 19.3. The Morgan fingerprint density at radius 1 is 0.907 bits per heavy atom. The van der Waals surface area contributed by atoms with Crippen LogP contribution in [0.25, 0.3) is 0 Å². The average molecular weight is 741 g/mol. The number of ether oxygens (including phenoxy) is 2. The van der Waals surface area contributed by atoms with Gasteiger partial charge in [0.05, 0.1) is 42.0 Å². The Morgan fingerprint density at radius 2 is 1.54 bits per heavy atom. The van der Waals surface area contributed by atoms with Gasteiger partial charge in [0.1, 0.15) is 0 Å². The van der Waals surface area contributed by atoms with Gasteiger partial charge in [-0.15, -0.1) is 0 Å². The zero-order chi connectivity index (χ0) is 40.1. The largest absolute Gasteiger partial charge is 0.466 e. The fourth-order valence-electron chi connectivity index (χ4n) is 6.06. The van der Waals surface area contributed by atoms with E-state index in [1.807, 2.05) is 61.8 Å². The predicted octanol–water partition coefficient (Wildman–Crippen LogP) is 9.20. The van der Waals surface area contributed by atoms with Crippen molar-refractivity contribution in [2.45, 2.75) is 79.7 Å². The second-order valence-electron chi connectivity index (χ2n) is 14.2. The lowest BCUT2D eigenvalue weighted by Crippen LogP contribution is -2.26. The molecule has 12 heteroatoms. The third kappa shape index (κ3) is 12.1. The zero-order valence-corrected chi connectivity index (χ0v) is 32.5. The highest BCUT2D eigenvalue weighted by molar-refractivity contribution is 5.74. The van der Waals surface area contributed by atoms with E-state index in [1.165, 1.54) is 12.1 Å². The summed E-state index contributed by atoms with van der Waals surface area (Å²) in [7, 11) is 2.00. The monoisotopic (exact) mass is 740 g/mol. The van der Waals surface area contributed by atoms with Crippen LogP contribution in [-0.4, -0.2) is 46.9 Å². The summed E-state index contributed by atoms with van der Waals surface area (Å²) in [5, 5.41) is 26.2. The number of carbonyl (C=O) groups is 2. The number of nitro groups is 2. The van der Waals surface area contributed by atoms with Crippen molar-refractivity contribution < 1.29 is 28.9 Å². The summed E-state index contributed by atoms with van der Waals surface area (Å²) in [6.07, 6.45) is 18.9. The Morgan fingerprint density at radius 3 is 2.15 bits per heavy atom. The summed E-state index contributed by atoms with van der Waals surface area (Å²) in [6.45, 7) is 14.8. The van der Waals surface area contributed by atoms with E-state index in [2.05, 4.69) is 63.1 Å². The molecule has 12 nitrogen and oxygen atoms in total. The van der Waals surface area contributed by atoms with Gasteiger partial charge < -0.3 is 19.7 Å². The van der Waals surface area contributed by atoms with E-state index in [0.717, 1.165) is 39.7 Å². The van der Waals surface area contributed by atoms with Gasteiger partial charge in [-0.05, 0) is 73.1 Å². The molecule has 2 aromatic rings. The SMILES string of the molecule is CCOC(=O)CC1=C/C=C/N(C)/C(=C/C=C/C=C/CC(C)(C)c2cc(CC(=O)OCC)ccc2NCc2cc([N+](=O)[O-])cc([N+](=O)[O-])c2)C(C)(C)\C(C)=C\1. The van der Waals surface area contributed by atoms with E-state index >= 15 is 0 Å². The standard InChI is InChI=1S/C42H52N4O8/c1-9-53-39(47)26-31-16-15-21-44(8)38(42(6,7)30(3)22-31)17-13-11-12-14-20-41(4,5)36-25-32(27-40(48)54-10-2)18-19-37(36)43-29-33-23-34(45(49)50)28-35(24-33)46(51)52/h11-19,21-25,28,43H,9-10,20,26-27,29H2,1-8H3/b13-11+,14-12+,21-15+,30-22+,31-16+,38-17+. The molecule has 288 valence electrons. The minimum Gasteiger partial charge on any atom is -0.466 e. The lowest BCUT2D eigenvalue weighted by atomic mass is 9.79. The number of nitrogens with zero attached hydrogens (tertiary/aromatic N) is 3. The van der Waals surface area contributed by atoms with E-state index < -0.39 is 15.3 Å². The maximum Gasteiger partial charge on any atom is 0.310 e. The molecule has 1 aliphatic rings. The van der Waals surface area contributed by atoms with Gasteiger partial charge in [0.15, 0.2) is 0 Å². The first-order valence-electron chi connectivity index (χ1n) is 17.9. The maximum atomic E-state index is 12.3. The molecule has 0 unspecified atom stereocenters. The van der Waals surface area contributed by atoms with Crippen molar-refractivity contribution in [1.29, 1.82) is 0 Å². The lowest BCUT2D eigenvalue weighted by molar-refractivity contribution is -0.394. The number of hydrogen-bond acceptors (Lipinski definition) is 10. The number of esters is 2. The number of benzene rings is 2. The Bertz CT molecular complexity index is 1870. The highest BCUT2D eigenvalue weighted by Gasteiger charge is 2.28. The van der Waals surface area contributed by atoms with E-state index in [0.29, 0.717) is 18.6 Å². The number of nitro benzene ring substituents is 2. The first-order valence-corrected chi connectivity index (χ1v) is 17.9. The van der Waals surface area contributed by atoms with Crippen molar-refractivity contribution >= 4 is 29.0 Å². The summed E-state index contributed by atoms with van der Waals surface area (Å²) in [4.78, 5) is 48.2. The summed E-state index contributed by atoms with van der Waals surface area (Å²) in [5.74, 6) is -0.598. The molecule has 0 fully saturated rings. The third-order valence-corrected chi connectivity index (χ3v) is 9.26. The Hall–Kier alpha value is -5.78. The van der Waals surface area contributed by atoms with Gasteiger partial charge in [0.2, 0.25) is 0 Å². The lowest BCUT2D eigenvalue weighted by Gasteiger charge is -2.34. The first-order chi connectivity index (χ1) is 25.5. The molecule has 1 heterocycles. The van der Waals surface area contributed by atoms with Crippen molar-refractivity contribution in [1.82, 2.24) is 4.90 Å². The molecule has 0 amide bonds. The fourth-order valence-corrected chi connectivity index (χ4v) is 6.06. The molecule has 1 N–H and O–H groups in total. The minimum atomic E-state index is -0.650. The molecule has 2 aromatic carbocycles. The average Bonchev–Trinajstić information content (AvgIpc) is 3.13. The van der Waals surface area contributed by atoms with E-state index in [1.54, 1.807) is 13.8 Å². The van der Waals surface area contributed by atoms with Gasteiger partial charge in [0.25, 0.3) is 11.4 Å². The quantitative estimate of drug-likeness (QED) is 0.0762. The van der Waals surface area contributed by atoms with E-state index in [9.17, 15) is 29.8 Å². The number of allylic oxidation sites excluding steroid dienone is 9. The molecule has 3 rings (SSSR count). The molecule has 0 aromatic heterocycles. The number of carbonyl (C=O) groups excluding carboxylic acids is 2. The topological polar surface area (TPSA) is 154 Å². The van der Waals surface area contributed by atoms with Crippen molar-refractivity contribution in [2.75, 3.05) is 25.6 Å². The molecule has 0 spiro atoms. The second-order valence-corrected chi connectivity index (χ2v) is 14.2. The molecule has 54 heavy (non-hydrogen) atoms. The van der Waals surface area contributed by atoms with Crippen molar-refractivity contribution in [3.8, 4) is 0 Å². The summed E-state index contributed by atoms with van der Waals surface area (Å²) < 4.78 is 10.3. The van der Waals surface area contributed by atoms with E-state index in [-0.39, 0.29) is 54.7 Å². The fraction of sp³-hybridized carbons (Fsp3) is 0.381. The summed E-state index contributed by atoms with van der Waals surface area (Å²) >= 11 is 0. The summed E-state index contributed by atoms with van der Waals surface area (Å²) in [6, 6.07) is 9.19. The van der Waals surface area contributed by atoms with Crippen LogP contribution in [0.5, 0.6) is 0 Å². The number of rotatable bonds is 16. The van der Waals surface area contributed by atoms with Crippen molar-refractivity contribution in [3.05, 3.63) is 145 Å². The highest BCUT2D eigenvalue weighted by Crippen LogP contribution is 2.38. The van der Waals surface area contributed by atoms with Crippen LogP contribution in [0.15, 0.2) is 108 Å². The first kappa shape index (κ1) is 42.6. The van der Waals surface area contributed by atoms with Crippen LogP contribution in [0, 0.1) is 25.6 Å². The van der Waals surface area contributed by atoms with Gasteiger partial charge in [-0.3, -0.25) is 29.8 Å². The van der Waals surface area contributed by atoms with E-state index in [4.69, 9.17) is 9.47 Å². The van der Waals surface area contributed by atoms with Crippen LogP contribution in [0.3, 0.4) is 0 Å². The molecule has 0 saturated carbocycles. The van der Waals surface area contributed by atoms with Crippen LogP contribution >= 0.6 is 0 Å². The normalized spacial score (nSPS) is 17.9. The van der Waals surface area contributed by atoms with Crippen LogP contribution in [-0.2, 0) is 37.4 Å². The number of hydrogen-bond donors (Lipinski definition) is 1. The molecule has 0 radical (unpaired) electrons. The smallest absolute Gasteiger partial charge is 0.310 e. The number of anilines is 1. The summed E-state index contributed by atoms with van der Waals surface area (Å²) in [5.41, 5.74) is 4.33. The van der Waals surface area contributed by atoms with Crippen LogP contribution in [0.1, 0.15) is 78.0 Å². The molecule has 0 saturated heterocycles. The third-order valence-electron chi connectivity index (χ3n) is 9.26. The molecule has 0 aliphatic carbocycles. The van der Waals surface area contributed by atoms with Crippen molar-refractivity contribution in [2.24, 2.45) is 5.41 Å². The van der Waals surface area contributed by atoms with Gasteiger partial charge in [0, 0.05) is 48.7 Å².